The summed E-state index contributed by atoms with van der Waals surface area (Å²) in [6, 6.07) is 14.4. The van der Waals surface area contributed by atoms with Gasteiger partial charge in [-0.05, 0) is 0 Å². The second-order valence-electron chi connectivity index (χ2n) is 5.00. The zero-order valence-corrected chi connectivity index (χ0v) is 12.7. The highest BCUT2D eigenvalue weighted by Gasteiger charge is 2.12. The maximum Gasteiger partial charge on any atom is 0.270 e. The maximum absolute atomic E-state index is 12.0. The number of nitrogens with one attached hydrogen (secondary N) is 2. The van der Waals surface area contributed by atoms with Gasteiger partial charge in [-0.3, -0.25) is 14.9 Å². The van der Waals surface area contributed by atoms with Crippen molar-refractivity contribution in [1.82, 2.24) is 10.6 Å². The molecule has 0 aliphatic carbocycles. The number of non-ortho nitro benzene ring substituents is 1. The van der Waals surface area contributed by atoms with Gasteiger partial charge in [0, 0.05) is 49.4 Å². The van der Waals surface area contributed by atoms with E-state index in [1.54, 1.807) is 30.3 Å². The van der Waals surface area contributed by atoms with Gasteiger partial charge in [-0.2, -0.15) is 0 Å². The van der Waals surface area contributed by atoms with Crippen LogP contribution in [-0.2, 0) is 0 Å². The molecule has 1 saturated heterocycles. The molecule has 0 bridgehead atoms. The Balaban J connectivity index is 0.000000268. The van der Waals surface area contributed by atoms with Crippen molar-refractivity contribution in [1.29, 1.82) is 0 Å². The number of benzene rings is 2. The maximum atomic E-state index is 12.0. The molecule has 1 aliphatic rings. The summed E-state index contributed by atoms with van der Waals surface area (Å²) >= 11 is 0. The Hall–Kier alpha value is -2.57. The van der Waals surface area contributed by atoms with Crippen LogP contribution in [0, 0.1) is 10.1 Å². The Labute approximate surface area is 134 Å². The standard InChI is InChI=1S/C13H9NO3.C4H10N2/c15-13(10-5-2-1-3-6-10)11-7-4-8-12(9-11)14(16)17;1-2-6-4-3-5-1/h1-9H;5-6H,1-4H2. The summed E-state index contributed by atoms with van der Waals surface area (Å²) in [7, 11) is 0. The van der Waals surface area contributed by atoms with E-state index in [0.29, 0.717) is 11.1 Å². The van der Waals surface area contributed by atoms with Crippen LogP contribution in [0.1, 0.15) is 15.9 Å². The highest BCUT2D eigenvalue weighted by molar-refractivity contribution is 6.09. The first kappa shape index (κ1) is 16.8. The average Bonchev–Trinajstić information content (AvgIpc) is 2.64. The largest absolute Gasteiger partial charge is 0.314 e. The molecule has 3 rings (SSSR count). The van der Waals surface area contributed by atoms with Gasteiger partial charge < -0.3 is 10.6 Å². The van der Waals surface area contributed by atoms with Gasteiger partial charge in [0.15, 0.2) is 5.78 Å². The van der Waals surface area contributed by atoms with Crippen LogP contribution in [0.5, 0.6) is 0 Å². The Morgan fingerprint density at radius 1 is 0.870 bits per heavy atom. The molecule has 0 spiro atoms. The van der Waals surface area contributed by atoms with Crippen molar-refractivity contribution >= 4 is 11.5 Å². The van der Waals surface area contributed by atoms with Crippen LogP contribution >= 0.6 is 0 Å². The van der Waals surface area contributed by atoms with Gasteiger partial charge in [0.25, 0.3) is 5.69 Å². The summed E-state index contributed by atoms with van der Waals surface area (Å²) in [6.07, 6.45) is 0. The summed E-state index contributed by atoms with van der Waals surface area (Å²) in [5.41, 5.74) is 0.769. The van der Waals surface area contributed by atoms with Crippen molar-refractivity contribution in [2.24, 2.45) is 0 Å². The summed E-state index contributed by atoms with van der Waals surface area (Å²) < 4.78 is 0. The lowest BCUT2D eigenvalue weighted by atomic mass is 10.0. The number of nitrogens with zero attached hydrogens (tertiary/aromatic N) is 1. The van der Waals surface area contributed by atoms with Crippen LogP contribution in [-0.4, -0.2) is 36.9 Å². The molecule has 2 aromatic rings. The van der Waals surface area contributed by atoms with E-state index in [0.717, 1.165) is 26.2 Å². The molecule has 0 atom stereocenters. The normalized spacial score (nSPS) is 13.6. The lowest BCUT2D eigenvalue weighted by molar-refractivity contribution is -0.384. The monoisotopic (exact) mass is 313 g/mol. The number of hydrogen-bond donors (Lipinski definition) is 2. The lowest BCUT2D eigenvalue weighted by Gasteiger charge is -2.11. The Morgan fingerprint density at radius 2 is 1.43 bits per heavy atom. The van der Waals surface area contributed by atoms with Gasteiger partial charge >= 0.3 is 0 Å². The highest BCUT2D eigenvalue weighted by Crippen LogP contribution is 2.16. The number of carbonyl (C=O) groups excluding carboxylic acids is 1. The second kappa shape index (κ2) is 8.77. The summed E-state index contributed by atoms with van der Waals surface area (Å²) in [5.74, 6) is -0.214. The molecule has 1 heterocycles. The molecule has 1 aliphatic heterocycles. The molecule has 0 amide bonds. The predicted molar refractivity (Wildman–Crippen MR) is 88.7 cm³/mol. The molecule has 6 heteroatoms. The smallest absolute Gasteiger partial charge is 0.270 e. The van der Waals surface area contributed by atoms with E-state index in [4.69, 9.17) is 0 Å². The first-order chi connectivity index (χ1) is 11.2. The third-order valence-corrected chi connectivity index (χ3v) is 3.31. The minimum Gasteiger partial charge on any atom is -0.314 e. The van der Waals surface area contributed by atoms with Crippen molar-refractivity contribution in [2.75, 3.05) is 26.2 Å². The Morgan fingerprint density at radius 3 is 1.96 bits per heavy atom. The SMILES string of the molecule is C1CNCCN1.O=C(c1ccccc1)c1cccc([N+](=O)[O-])c1. The average molecular weight is 313 g/mol. The molecule has 0 radical (unpaired) electrons. The van der Waals surface area contributed by atoms with Crippen LogP contribution in [0.15, 0.2) is 54.6 Å². The van der Waals surface area contributed by atoms with Crippen LogP contribution in [0.25, 0.3) is 0 Å². The van der Waals surface area contributed by atoms with Gasteiger partial charge in [0.1, 0.15) is 0 Å². The number of ketones is 1. The van der Waals surface area contributed by atoms with Crippen molar-refractivity contribution in [3.63, 3.8) is 0 Å². The fraction of sp³-hybridized carbons (Fsp3) is 0.235. The summed E-state index contributed by atoms with van der Waals surface area (Å²) in [4.78, 5) is 22.1. The van der Waals surface area contributed by atoms with Crippen LogP contribution in [0.3, 0.4) is 0 Å². The molecule has 0 aromatic heterocycles. The summed E-state index contributed by atoms with van der Waals surface area (Å²) in [6.45, 7) is 4.56. The topological polar surface area (TPSA) is 84.3 Å². The molecule has 0 unspecified atom stereocenters. The van der Waals surface area contributed by atoms with E-state index in [2.05, 4.69) is 10.6 Å². The summed E-state index contributed by atoms with van der Waals surface area (Å²) in [5, 5.41) is 17.1. The molecular weight excluding hydrogens is 294 g/mol. The van der Waals surface area contributed by atoms with Crippen molar-refractivity contribution < 1.29 is 9.72 Å². The van der Waals surface area contributed by atoms with E-state index in [9.17, 15) is 14.9 Å². The molecule has 2 aromatic carbocycles. The number of piperazine rings is 1. The fourth-order valence-electron chi connectivity index (χ4n) is 2.12. The van der Waals surface area contributed by atoms with E-state index in [1.807, 2.05) is 6.07 Å². The van der Waals surface area contributed by atoms with Gasteiger partial charge in [0.2, 0.25) is 0 Å². The fourth-order valence-corrected chi connectivity index (χ4v) is 2.12. The van der Waals surface area contributed by atoms with E-state index in [-0.39, 0.29) is 11.5 Å². The first-order valence-electron chi connectivity index (χ1n) is 7.44. The van der Waals surface area contributed by atoms with Crippen molar-refractivity contribution in [2.45, 2.75) is 0 Å². The number of nitro benzene ring substituents is 1. The van der Waals surface area contributed by atoms with Crippen LogP contribution in [0.4, 0.5) is 5.69 Å². The first-order valence-corrected chi connectivity index (χ1v) is 7.44. The predicted octanol–water partition coefficient (Wildman–Crippen LogP) is 2.00. The van der Waals surface area contributed by atoms with E-state index >= 15 is 0 Å². The van der Waals surface area contributed by atoms with Gasteiger partial charge in [-0.25, -0.2) is 0 Å². The number of hydrogen-bond acceptors (Lipinski definition) is 5. The van der Waals surface area contributed by atoms with Gasteiger partial charge in [-0.15, -0.1) is 0 Å². The number of nitro groups is 1. The molecule has 6 nitrogen and oxygen atoms in total. The molecule has 120 valence electrons. The van der Waals surface area contributed by atoms with Crippen LogP contribution < -0.4 is 10.6 Å². The Bertz CT molecular complexity index is 644. The van der Waals surface area contributed by atoms with Crippen molar-refractivity contribution in [3.05, 3.63) is 75.8 Å². The number of rotatable bonds is 3. The molecule has 0 saturated carbocycles. The molecule has 23 heavy (non-hydrogen) atoms. The molecule has 2 N–H and O–H groups in total. The van der Waals surface area contributed by atoms with E-state index in [1.165, 1.54) is 18.2 Å². The van der Waals surface area contributed by atoms with Crippen LogP contribution in [0.2, 0.25) is 0 Å². The third kappa shape index (κ3) is 5.28. The van der Waals surface area contributed by atoms with Crippen molar-refractivity contribution in [3.8, 4) is 0 Å². The minimum atomic E-state index is -0.512. The zero-order valence-electron chi connectivity index (χ0n) is 12.7. The quantitative estimate of drug-likeness (QED) is 0.514. The number of carbonyl (C=O) groups is 1. The zero-order chi connectivity index (χ0) is 16.5. The highest BCUT2D eigenvalue weighted by atomic mass is 16.6. The van der Waals surface area contributed by atoms with Gasteiger partial charge in [-0.1, -0.05) is 42.5 Å². The third-order valence-electron chi connectivity index (χ3n) is 3.31. The van der Waals surface area contributed by atoms with E-state index < -0.39 is 4.92 Å². The Kier molecular flexibility index (Phi) is 6.40. The van der Waals surface area contributed by atoms with Gasteiger partial charge in [0.05, 0.1) is 4.92 Å². The lowest BCUT2D eigenvalue weighted by Crippen LogP contribution is -2.39. The second-order valence-corrected chi connectivity index (χ2v) is 5.00. The minimum absolute atomic E-state index is 0.0771. The molecule has 1 fully saturated rings. The molecular formula is C17H19N3O3.